The maximum Gasteiger partial charge on any atom is 0.267 e. The average molecular weight is 354 g/mol. The van der Waals surface area contributed by atoms with E-state index in [1.54, 1.807) is 25.3 Å². The molecule has 0 aliphatic rings. The summed E-state index contributed by atoms with van der Waals surface area (Å²) in [7, 11) is 0. The first kappa shape index (κ1) is 16.9. The molecule has 3 aromatic rings. The molecule has 0 aliphatic heterocycles. The molecule has 0 saturated heterocycles. The number of hydrogen-bond donors (Lipinski definition) is 3. The van der Waals surface area contributed by atoms with Gasteiger partial charge in [-0.15, -0.1) is 0 Å². The molecule has 0 unspecified atom stereocenters. The predicted octanol–water partition coefficient (Wildman–Crippen LogP) is 4.16. The minimum atomic E-state index is -0.264. The zero-order chi connectivity index (χ0) is 18.0. The Bertz CT molecular complexity index is 937. The number of hydrogen-bond acceptors (Lipinski definition) is 6. The third-order valence-corrected chi connectivity index (χ3v) is 4.67. The fourth-order valence-electron chi connectivity index (χ4n) is 2.35. The number of anilines is 3. The van der Waals surface area contributed by atoms with Crippen LogP contribution in [-0.4, -0.2) is 21.0 Å². The number of nitrogens with zero attached hydrogens (tertiary/aromatic N) is 2. The molecule has 0 spiro atoms. The number of aromatic nitrogens is 2. The van der Waals surface area contributed by atoms with E-state index in [9.17, 15) is 9.90 Å². The number of benzene rings is 1. The summed E-state index contributed by atoms with van der Waals surface area (Å²) in [6.07, 6.45) is 3.23. The molecule has 7 heteroatoms. The molecule has 2 heterocycles. The molecule has 0 atom stereocenters. The van der Waals surface area contributed by atoms with Crippen molar-refractivity contribution in [1.29, 1.82) is 0 Å². The summed E-state index contributed by atoms with van der Waals surface area (Å²) >= 11 is 1.24. The largest absolute Gasteiger partial charge is 0.508 e. The van der Waals surface area contributed by atoms with Crippen molar-refractivity contribution in [1.82, 2.24) is 9.97 Å². The molecule has 128 valence electrons. The van der Waals surface area contributed by atoms with Crippen LogP contribution in [0.25, 0.3) is 0 Å². The monoisotopic (exact) mass is 354 g/mol. The number of phenols is 1. The summed E-state index contributed by atoms with van der Waals surface area (Å²) in [5.41, 5.74) is 3.23. The minimum Gasteiger partial charge on any atom is -0.508 e. The van der Waals surface area contributed by atoms with Gasteiger partial charge in [0.25, 0.3) is 5.91 Å². The standard InChI is InChI=1S/C18H18N4O2S/c1-10-6-7-19-15(8-10)21-18-20-9-14(25-18)17(24)22-16-11(2)4-5-13(23)12(16)3/h4-9,23H,1-3H3,(H,22,24)(H,19,20,21). The van der Waals surface area contributed by atoms with Crippen LogP contribution in [0.5, 0.6) is 5.75 Å². The number of nitrogens with one attached hydrogen (secondary N) is 2. The molecule has 0 aliphatic carbocycles. The number of aromatic hydroxyl groups is 1. The number of phenolic OH excluding ortho intramolecular Hbond substituents is 1. The SMILES string of the molecule is Cc1ccnc(Nc2ncc(C(=O)Nc3c(C)ccc(O)c3C)s2)c1. The lowest BCUT2D eigenvalue weighted by Gasteiger charge is -2.11. The predicted molar refractivity (Wildman–Crippen MR) is 99.9 cm³/mol. The van der Waals surface area contributed by atoms with Gasteiger partial charge in [-0.2, -0.15) is 0 Å². The molecule has 2 aromatic heterocycles. The highest BCUT2D eigenvalue weighted by atomic mass is 32.1. The fraction of sp³-hybridized carbons (Fsp3) is 0.167. The van der Waals surface area contributed by atoms with Crippen LogP contribution in [0.2, 0.25) is 0 Å². The first-order valence-corrected chi connectivity index (χ1v) is 8.51. The number of carbonyl (C=O) groups is 1. The fourth-order valence-corrected chi connectivity index (χ4v) is 3.07. The van der Waals surface area contributed by atoms with E-state index >= 15 is 0 Å². The van der Waals surface area contributed by atoms with Crippen LogP contribution in [0.4, 0.5) is 16.6 Å². The topological polar surface area (TPSA) is 87.1 Å². The van der Waals surface area contributed by atoms with Crippen molar-refractivity contribution in [2.24, 2.45) is 0 Å². The van der Waals surface area contributed by atoms with Gasteiger partial charge in [0, 0.05) is 11.8 Å². The molecule has 25 heavy (non-hydrogen) atoms. The van der Waals surface area contributed by atoms with E-state index in [0.29, 0.717) is 27.1 Å². The highest BCUT2D eigenvalue weighted by Gasteiger charge is 2.15. The molecule has 1 amide bonds. The van der Waals surface area contributed by atoms with Crippen molar-refractivity contribution in [2.45, 2.75) is 20.8 Å². The van der Waals surface area contributed by atoms with Crippen LogP contribution < -0.4 is 10.6 Å². The lowest BCUT2D eigenvalue weighted by atomic mass is 10.1. The highest BCUT2D eigenvalue weighted by Crippen LogP contribution is 2.29. The van der Waals surface area contributed by atoms with E-state index in [1.807, 2.05) is 26.0 Å². The second-order valence-corrected chi connectivity index (χ2v) is 6.76. The Balaban J connectivity index is 1.76. The summed E-state index contributed by atoms with van der Waals surface area (Å²) in [4.78, 5) is 21.4. The zero-order valence-electron chi connectivity index (χ0n) is 14.1. The highest BCUT2D eigenvalue weighted by molar-refractivity contribution is 7.17. The Morgan fingerprint density at radius 1 is 1.16 bits per heavy atom. The van der Waals surface area contributed by atoms with E-state index in [2.05, 4.69) is 20.6 Å². The number of rotatable bonds is 4. The van der Waals surface area contributed by atoms with E-state index < -0.39 is 0 Å². The van der Waals surface area contributed by atoms with Crippen LogP contribution >= 0.6 is 11.3 Å². The van der Waals surface area contributed by atoms with E-state index in [-0.39, 0.29) is 11.7 Å². The first-order valence-electron chi connectivity index (χ1n) is 7.70. The Hall–Kier alpha value is -2.93. The Kier molecular flexibility index (Phi) is 4.67. The molecule has 0 radical (unpaired) electrons. The molecule has 6 nitrogen and oxygen atoms in total. The lowest BCUT2D eigenvalue weighted by molar-refractivity contribution is 0.103. The van der Waals surface area contributed by atoms with Crippen LogP contribution in [0, 0.1) is 20.8 Å². The number of aryl methyl sites for hydroxylation is 2. The summed E-state index contributed by atoms with van der Waals surface area (Å²) in [6, 6.07) is 7.19. The second kappa shape index (κ2) is 6.90. The Morgan fingerprint density at radius 3 is 2.72 bits per heavy atom. The normalized spacial score (nSPS) is 10.5. The minimum absolute atomic E-state index is 0.151. The zero-order valence-corrected chi connectivity index (χ0v) is 14.9. The molecule has 3 N–H and O–H groups in total. The van der Waals surface area contributed by atoms with Crippen molar-refractivity contribution in [3.63, 3.8) is 0 Å². The van der Waals surface area contributed by atoms with Crippen LogP contribution in [0.3, 0.4) is 0 Å². The lowest BCUT2D eigenvalue weighted by Crippen LogP contribution is -2.12. The van der Waals surface area contributed by atoms with Crippen molar-refractivity contribution >= 4 is 33.9 Å². The molecule has 0 saturated carbocycles. The van der Waals surface area contributed by atoms with Gasteiger partial charge in [-0.05, 0) is 50.1 Å². The molecular formula is C18H18N4O2S. The van der Waals surface area contributed by atoms with Gasteiger partial charge in [-0.3, -0.25) is 4.79 Å². The van der Waals surface area contributed by atoms with Crippen molar-refractivity contribution in [2.75, 3.05) is 10.6 Å². The van der Waals surface area contributed by atoms with Crippen LogP contribution in [0.15, 0.2) is 36.7 Å². The maximum atomic E-state index is 12.5. The molecule has 3 rings (SSSR count). The molecule has 0 fully saturated rings. The smallest absolute Gasteiger partial charge is 0.267 e. The summed E-state index contributed by atoms with van der Waals surface area (Å²) in [5, 5.41) is 16.4. The Morgan fingerprint density at radius 2 is 1.96 bits per heavy atom. The third-order valence-electron chi connectivity index (χ3n) is 3.76. The van der Waals surface area contributed by atoms with E-state index in [1.165, 1.54) is 17.5 Å². The van der Waals surface area contributed by atoms with Gasteiger partial charge in [-0.1, -0.05) is 17.4 Å². The van der Waals surface area contributed by atoms with Crippen molar-refractivity contribution in [3.05, 3.63) is 58.2 Å². The maximum absolute atomic E-state index is 12.5. The second-order valence-electron chi connectivity index (χ2n) is 5.73. The van der Waals surface area contributed by atoms with Crippen LogP contribution in [-0.2, 0) is 0 Å². The van der Waals surface area contributed by atoms with Crippen LogP contribution in [0.1, 0.15) is 26.4 Å². The third kappa shape index (κ3) is 3.77. The summed E-state index contributed by atoms with van der Waals surface area (Å²) in [5.74, 6) is 0.568. The number of carbonyl (C=O) groups excluding carboxylic acids is 1. The first-order chi connectivity index (χ1) is 11.9. The number of thiazole rings is 1. The van der Waals surface area contributed by atoms with E-state index in [4.69, 9.17) is 0 Å². The van der Waals surface area contributed by atoms with Gasteiger partial charge in [0.05, 0.1) is 11.9 Å². The van der Waals surface area contributed by atoms with Gasteiger partial charge < -0.3 is 15.7 Å². The summed E-state index contributed by atoms with van der Waals surface area (Å²) in [6.45, 7) is 5.62. The van der Waals surface area contributed by atoms with Crippen molar-refractivity contribution < 1.29 is 9.90 Å². The molecule has 0 bridgehead atoms. The van der Waals surface area contributed by atoms with Gasteiger partial charge in [0.15, 0.2) is 5.13 Å². The van der Waals surface area contributed by atoms with Gasteiger partial charge >= 0.3 is 0 Å². The van der Waals surface area contributed by atoms with Gasteiger partial charge in [0.1, 0.15) is 16.4 Å². The van der Waals surface area contributed by atoms with Crippen molar-refractivity contribution in [3.8, 4) is 5.75 Å². The van der Waals surface area contributed by atoms with Gasteiger partial charge in [-0.25, -0.2) is 9.97 Å². The number of amides is 1. The van der Waals surface area contributed by atoms with E-state index in [0.717, 1.165) is 11.1 Å². The summed E-state index contributed by atoms with van der Waals surface area (Å²) < 4.78 is 0. The van der Waals surface area contributed by atoms with Gasteiger partial charge in [0.2, 0.25) is 0 Å². The number of pyridine rings is 1. The quantitative estimate of drug-likeness (QED) is 0.655. The average Bonchev–Trinajstić information content (AvgIpc) is 3.03. The molecular weight excluding hydrogens is 336 g/mol. The molecule has 1 aromatic carbocycles. The Labute approximate surface area is 149 Å².